The number of nitrogens with zero attached hydrogens (tertiary/aromatic N) is 1. The van der Waals surface area contributed by atoms with Gasteiger partial charge in [0, 0.05) is 13.0 Å². The Kier molecular flexibility index (Phi) is 4.80. The summed E-state index contributed by atoms with van der Waals surface area (Å²) >= 11 is 0. The zero-order valence-corrected chi connectivity index (χ0v) is 10.5. The summed E-state index contributed by atoms with van der Waals surface area (Å²) < 4.78 is 0. The molecular formula is C13H24N2O2. The van der Waals surface area contributed by atoms with Crippen LogP contribution in [0.15, 0.2) is 0 Å². The summed E-state index contributed by atoms with van der Waals surface area (Å²) in [5, 5.41) is 12.1. The van der Waals surface area contributed by atoms with Gasteiger partial charge in [-0.3, -0.25) is 4.79 Å². The molecule has 2 N–H and O–H groups in total. The average molecular weight is 240 g/mol. The van der Waals surface area contributed by atoms with E-state index in [-0.39, 0.29) is 0 Å². The second kappa shape index (κ2) is 6.36. The summed E-state index contributed by atoms with van der Waals surface area (Å²) in [6.07, 6.45) is 4.91. The molecule has 1 unspecified atom stereocenters. The zero-order chi connectivity index (χ0) is 12.1. The SMILES string of the molecule is O=C(O)CCC1CCN(CC2CCNC2)CC1. The summed E-state index contributed by atoms with van der Waals surface area (Å²) in [4.78, 5) is 13.1. The van der Waals surface area contributed by atoms with Gasteiger partial charge in [0.25, 0.3) is 0 Å². The summed E-state index contributed by atoms with van der Waals surface area (Å²) in [6, 6.07) is 0. The van der Waals surface area contributed by atoms with Crippen LogP contribution in [0.3, 0.4) is 0 Å². The van der Waals surface area contributed by atoms with E-state index in [2.05, 4.69) is 10.2 Å². The molecule has 98 valence electrons. The maximum atomic E-state index is 10.5. The Balaban J connectivity index is 1.61. The molecule has 0 saturated carbocycles. The lowest BCUT2D eigenvalue weighted by molar-refractivity contribution is -0.137. The number of likely N-dealkylation sites (tertiary alicyclic amines) is 1. The van der Waals surface area contributed by atoms with Crippen molar-refractivity contribution in [3.63, 3.8) is 0 Å². The molecule has 0 radical (unpaired) electrons. The predicted molar refractivity (Wildman–Crippen MR) is 67.0 cm³/mol. The summed E-state index contributed by atoms with van der Waals surface area (Å²) in [5.74, 6) is 0.832. The van der Waals surface area contributed by atoms with Crippen molar-refractivity contribution >= 4 is 5.97 Å². The van der Waals surface area contributed by atoms with Crippen LogP contribution in [-0.2, 0) is 4.79 Å². The molecule has 2 saturated heterocycles. The fourth-order valence-electron chi connectivity index (χ4n) is 3.02. The second-order valence-corrected chi connectivity index (χ2v) is 5.54. The minimum absolute atomic E-state index is 0.344. The molecule has 0 bridgehead atoms. The third kappa shape index (κ3) is 4.28. The molecule has 0 aromatic carbocycles. The Morgan fingerprint density at radius 2 is 2.00 bits per heavy atom. The van der Waals surface area contributed by atoms with Crippen molar-refractivity contribution in [2.45, 2.75) is 32.1 Å². The minimum Gasteiger partial charge on any atom is -0.481 e. The van der Waals surface area contributed by atoms with Gasteiger partial charge in [-0.1, -0.05) is 0 Å². The second-order valence-electron chi connectivity index (χ2n) is 5.54. The molecule has 1 atom stereocenters. The van der Waals surface area contributed by atoms with Crippen LogP contribution in [0.2, 0.25) is 0 Å². The van der Waals surface area contributed by atoms with Crippen LogP contribution < -0.4 is 5.32 Å². The van der Waals surface area contributed by atoms with Gasteiger partial charge in [0.05, 0.1) is 0 Å². The van der Waals surface area contributed by atoms with Crippen molar-refractivity contribution in [3.8, 4) is 0 Å². The highest BCUT2D eigenvalue weighted by atomic mass is 16.4. The number of hydrogen-bond donors (Lipinski definition) is 2. The molecule has 4 heteroatoms. The lowest BCUT2D eigenvalue weighted by Gasteiger charge is -2.33. The highest BCUT2D eigenvalue weighted by Gasteiger charge is 2.23. The van der Waals surface area contributed by atoms with Crippen LogP contribution in [0, 0.1) is 11.8 Å². The molecule has 0 spiro atoms. The molecule has 2 aliphatic heterocycles. The van der Waals surface area contributed by atoms with Gasteiger partial charge in [-0.05, 0) is 63.7 Å². The number of carbonyl (C=O) groups is 1. The van der Waals surface area contributed by atoms with Gasteiger partial charge in [-0.2, -0.15) is 0 Å². The quantitative estimate of drug-likeness (QED) is 0.757. The maximum absolute atomic E-state index is 10.5. The van der Waals surface area contributed by atoms with Crippen LogP contribution in [0.4, 0.5) is 0 Å². The minimum atomic E-state index is -0.649. The first-order valence-electron chi connectivity index (χ1n) is 6.89. The van der Waals surface area contributed by atoms with E-state index in [1.165, 1.54) is 52.0 Å². The number of hydrogen-bond acceptors (Lipinski definition) is 3. The van der Waals surface area contributed by atoms with Crippen LogP contribution >= 0.6 is 0 Å². The Bertz CT molecular complexity index is 244. The van der Waals surface area contributed by atoms with E-state index >= 15 is 0 Å². The lowest BCUT2D eigenvalue weighted by Crippen LogP contribution is -2.37. The first kappa shape index (κ1) is 12.8. The molecule has 2 fully saturated rings. The van der Waals surface area contributed by atoms with Crippen molar-refractivity contribution in [1.82, 2.24) is 10.2 Å². The van der Waals surface area contributed by atoms with E-state index in [0.717, 1.165) is 12.3 Å². The van der Waals surface area contributed by atoms with Gasteiger partial charge >= 0.3 is 5.97 Å². The predicted octanol–water partition coefficient (Wildman–Crippen LogP) is 1.17. The number of carboxylic acid groups (broad SMARTS) is 1. The van der Waals surface area contributed by atoms with E-state index in [1.54, 1.807) is 0 Å². The molecule has 0 aliphatic carbocycles. The number of aliphatic carboxylic acids is 1. The number of nitrogens with one attached hydrogen (secondary N) is 1. The third-order valence-corrected chi connectivity index (χ3v) is 4.15. The van der Waals surface area contributed by atoms with E-state index in [9.17, 15) is 4.79 Å². The molecular weight excluding hydrogens is 216 g/mol. The monoisotopic (exact) mass is 240 g/mol. The van der Waals surface area contributed by atoms with E-state index in [4.69, 9.17) is 5.11 Å². The third-order valence-electron chi connectivity index (χ3n) is 4.15. The summed E-state index contributed by atoms with van der Waals surface area (Å²) in [5.41, 5.74) is 0. The van der Waals surface area contributed by atoms with E-state index < -0.39 is 5.97 Å². The first-order valence-corrected chi connectivity index (χ1v) is 6.89. The lowest BCUT2D eigenvalue weighted by atomic mass is 9.91. The molecule has 4 nitrogen and oxygen atoms in total. The smallest absolute Gasteiger partial charge is 0.303 e. The van der Waals surface area contributed by atoms with Crippen molar-refractivity contribution in [1.29, 1.82) is 0 Å². The molecule has 2 heterocycles. The normalized spacial score (nSPS) is 27.4. The van der Waals surface area contributed by atoms with Gasteiger partial charge in [0.2, 0.25) is 0 Å². The highest BCUT2D eigenvalue weighted by Crippen LogP contribution is 2.23. The van der Waals surface area contributed by atoms with Crippen molar-refractivity contribution in [2.75, 3.05) is 32.7 Å². The first-order chi connectivity index (χ1) is 8.24. The number of carboxylic acids is 1. The maximum Gasteiger partial charge on any atom is 0.303 e. The van der Waals surface area contributed by atoms with Crippen molar-refractivity contribution in [2.24, 2.45) is 11.8 Å². The van der Waals surface area contributed by atoms with Gasteiger partial charge in [-0.15, -0.1) is 0 Å². The van der Waals surface area contributed by atoms with Crippen LogP contribution in [0.5, 0.6) is 0 Å². The average Bonchev–Trinajstić information content (AvgIpc) is 2.81. The topological polar surface area (TPSA) is 52.6 Å². The van der Waals surface area contributed by atoms with Gasteiger partial charge < -0.3 is 15.3 Å². The fourth-order valence-corrected chi connectivity index (χ4v) is 3.02. The molecule has 17 heavy (non-hydrogen) atoms. The largest absolute Gasteiger partial charge is 0.481 e. The Hall–Kier alpha value is -0.610. The summed E-state index contributed by atoms with van der Waals surface area (Å²) in [6.45, 7) is 5.93. The molecule has 0 aromatic heterocycles. The Labute approximate surface area is 103 Å². The Morgan fingerprint density at radius 1 is 1.24 bits per heavy atom. The van der Waals surface area contributed by atoms with E-state index in [0.29, 0.717) is 12.3 Å². The van der Waals surface area contributed by atoms with Gasteiger partial charge in [-0.25, -0.2) is 0 Å². The standard InChI is InChI=1S/C13H24N2O2/c16-13(17)2-1-11-4-7-15(8-5-11)10-12-3-6-14-9-12/h11-12,14H,1-10H2,(H,16,17). The van der Waals surface area contributed by atoms with Crippen LogP contribution in [-0.4, -0.2) is 48.7 Å². The van der Waals surface area contributed by atoms with Crippen molar-refractivity contribution < 1.29 is 9.90 Å². The summed E-state index contributed by atoms with van der Waals surface area (Å²) in [7, 11) is 0. The zero-order valence-electron chi connectivity index (χ0n) is 10.5. The van der Waals surface area contributed by atoms with E-state index in [1.807, 2.05) is 0 Å². The molecule has 0 aromatic rings. The fraction of sp³-hybridized carbons (Fsp3) is 0.923. The van der Waals surface area contributed by atoms with Gasteiger partial charge in [0.15, 0.2) is 0 Å². The molecule has 0 amide bonds. The molecule has 2 rings (SSSR count). The number of rotatable bonds is 5. The van der Waals surface area contributed by atoms with Crippen LogP contribution in [0.1, 0.15) is 32.1 Å². The van der Waals surface area contributed by atoms with Gasteiger partial charge in [0.1, 0.15) is 0 Å². The van der Waals surface area contributed by atoms with Crippen molar-refractivity contribution in [3.05, 3.63) is 0 Å². The van der Waals surface area contributed by atoms with Crippen LogP contribution in [0.25, 0.3) is 0 Å². The number of piperidine rings is 1. The highest BCUT2D eigenvalue weighted by molar-refractivity contribution is 5.66. The Morgan fingerprint density at radius 3 is 2.59 bits per heavy atom. The molecule has 2 aliphatic rings.